The number of ether oxygens (including phenoxy) is 1. The Bertz CT molecular complexity index is 758. The van der Waals surface area contributed by atoms with Crippen LogP contribution in [-0.4, -0.2) is 18.4 Å². The van der Waals surface area contributed by atoms with Crippen LogP contribution in [-0.2, 0) is 4.79 Å². The Morgan fingerprint density at radius 3 is 2.46 bits per heavy atom. The number of carbonyl (C=O) groups excluding carboxylic acids is 2. The first kappa shape index (κ1) is 19.0. The minimum Gasteiger partial charge on any atom is -0.482 e. The zero-order valence-corrected chi connectivity index (χ0v) is 17.3. The second-order valence-corrected chi connectivity index (χ2v) is 7.52. The van der Waals surface area contributed by atoms with Crippen molar-refractivity contribution in [1.82, 2.24) is 10.9 Å². The van der Waals surface area contributed by atoms with Gasteiger partial charge in [0.25, 0.3) is 11.8 Å². The first-order valence-corrected chi connectivity index (χ1v) is 9.18. The molecule has 0 fully saturated rings. The zero-order chi connectivity index (χ0) is 17.7. The van der Waals surface area contributed by atoms with Gasteiger partial charge in [0.05, 0.1) is 4.47 Å². The van der Waals surface area contributed by atoms with Crippen LogP contribution < -0.4 is 15.6 Å². The van der Waals surface area contributed by atoms with Crippen molar-refractivity contribution >= 4 is 59.6 Å². The Morgan fingerprint density at radius 1 is 1.04 bits per heavy atom. The number of hydrogen-bond acceptors (Lipinski definition) is 3. The summed E-state index contributed by atoms with van der Waals surface area (Å²) in [5.41, 5.74) is 5.96. The van der Waals surface area contributed by atoms with Gasteiger partial charge in [-0.2, -0.15) is 0 Å². The Morgan fingerprint density at radius 2 is 1.79 bits per heavy atom. The van der Waals surface area contributed by atoms with E-state index in [2.05, 4.69) is 58.6 Å². The third-order valence-electron chi connectivity index (χ3n) is 2.94. The van der Waals surface area contributed by atoms with Gasteiger partial charge in [0.2, 0.25) is 0 Å². The predicted octanol–water partition coefficient (Wildman–Crippen LogP) is 4.12. The summed E-state index contributed by atoms with van der Waals surface area (Å²) in [5.74, 6) is -0.301. The topological polar surface area (TPSA) is 67.4 Å². The van der Waals surface area contributed by atoms with E-state index in [1.165, 1.54) is 0 Å². The standard InChI is InChI=1S/C16H13Br3N2O3/c1-9-5-12(18)7-13(19)15(9)24-8-14(22)20-21-16(23)10-3-2-4-11(17)6-10/h2-7H,8H2,1H3,(H,20,22)(H,21,23). The largest absolute Gasteiger partial charge is 0.482 e. The van der Waals surface area contributed by atoms with E-state index >= 15 is 0 Å². The molecule has 24 heavy (non-hydrogen) atoms. The molecule has 126 valence electrons. The summed E-state index contributed by atoms with van der Waals surface area (Å²) in [6.07, 6.45) is 0. The monoisotopic (exact) mass is 518 g/mol. The first-order valence-electron chi connectivity index (χ1n) is 6.80. The maximum Gasteiger partial charge on any atom is 0.276 e. The molecule has 0 heterocycles. The molecule has 0 aromatic heterocycles. The van der Waals surface area contributed by atoms with Crippen LogP contribution in [0.2, 0.25) is 0 Å². The number of hydrogen-bond donors (Lipinski definition) is 2. The molecule has 0 spiro atoms. The third-order valence-corrected chi connectivity index (χ3v) is 4.48. The highest BCUT2D eigenvalue weighted by Crippen LogP contribution is 2.32. The molecule has 0 unspecified atom stereocenters. The summed E-state index contributed by atoms with van der Waals surface area (Å²) in [6.45, 7) is 1.65. The van der Waals surface area contributed by atoms with Crippen LogP contribution in [0.1, 0.15) is 15.9 Å². The van der Waals surface area contributed by atoms with Gasteiger partial charge in [-0.3, -0.25) is 20.4 Å². The van der Waals surface area contributed by atoms with E-state index in [1.54, 1.807) is 18.2 Å². The lowest BCUT2D eigenvalue weighted by Crippen LogP contribution is -2.43. The zero-order valence-electron chi connectivity index (χ0n) is 12.5. The molecule has 0 saturated heterocycles. The van der Waals surface area contributed by atoms with Gasteiger partial charge < -0.3 is 4.74 Å². The van der Waals surface area contributed by atoms with E-state index in [1.807, 2.05) is 25.1 Å². The summed E-state index contributed by atoms with van der Waals surface area (Å²) in [4.78, 5) is 23.7. The van der Waals surface area contributed by atoms with Crippen LogP contribution in [0.5, 0.6) is 5.75 Å². The molecule has 2 rings (SSSR count). The lowest BCUT2D eigenvalue weighted by Gasteiger charge is -2.12. The van der Waals surface area contributed by atoms with Crippen LogP contribution in [0.3, 0.4) is 0 Å². The van der Waals surface area contributed by atoms with Gasteiger partial charge in [-0.25, -0.2) is 0 Å². The molecule has 5 nitrogen and oxygen atoms in total. The molecule has 0 aliphatic carbocycles. The normalized spacial score (nSPS) is 10.2. The quantitative estimate of drug-likeness (QED) is 0.596. The van der Waals surface area contributed by atoms with Gasteiger partial charge in [0.15, 0.2) is 6.61 Å². The minimum atomic E-state index is -0.465. The van der Waals surface area contributed by atoms with Crippen LogP contribution in [0.4, 0.5) is 0 Å². The van der Waals surface area contributed by atoms with Crippen LogP contribution in [0.15, 0.2) is 49.8 Å². The average Bonchev–Trinajstić information content (AvgIpc) is 2.51. The van der Waals surface area contributed by atoms with Crippen molar-refractivity contribution in [2.75, 3.05) is 6.61 Å². The van der Waals surface area contributed by atoms with E-state index in [-0.39, 0.29) is 6.61 Å². The summed E-state index contributed by atoms with van der Waals surface area (Å²) < 4.78 is 7.92. The van der Waals surface area contributed by atoms with E-state index in [0.29, 0.717) is 11.3 Å². The SMILES string of the molecule is Cc1cc(Br)cc(Br)c1OCC(=O)NNC(=O)c1cccc(Br)c1. The molecule has 0 radical (unpaired) electrons. The average molecular weight is 521 g/mol. The van der Waals surface area contributed by atoms with E-state index < -0.39 is 11.8 Å². The molecule has 2 amide bonds. The van der Waals surface area contributed by atoms with Gasteiger partial charge in [-0.1, -0.05) is 37.9 Å². The molecular weight excluding hydrogens is 508 g/mol. The van der Waals surface area contributed by atoms with Crippen molar-refractivity contribution in [2.45, 2.75) is 6.92 Å². The number of nitrogens with one attached hydrogen (secondary N) is 2. The number of rotatable bonds is 4. The maximum absolute atomic E-state index is 11.9. The Labute approximate surface area is 164 Å². The molecule has 0 bridgehead atoms. The molecule has 0 aliphatic heterocycles. The van der Waals surface area contributed by atoms with Crippen molar-refractivity contribution in [3.63, 3.8) is 0 Å². The molecule has 0 aliphatic rings. The van der Waals surface area contributed by atoms with Gasteiger partial charge >= 0.3 is 0 Å². The van der Waals surface area contributed by atoms with E-state index in [0.717, 1.165) is 19.0 Å². The fourth-order valence-electron chi connectivity index (χ4n) is 1.87. The van der Waals surface area contributed by atoms with Crippen molar-refractivity contribution in [1.29, 1.82) is 0 Å². The molecule has 0 saturated carbocycles. The van der Waals surface area contributed by atoms with Crippen molar-refractivity contribution in [2.24, 2.45) is 0 Å². The highest BCUT2D eigenvalue weighted by atomic mass is 79.9. The minimum absolute atomic E-state index is 0.222. The first-order chi connectivity index (χ1) is 11.4. The van der Waals surface area contributed by atoms with Crippen molar-refractivity contribution < 1.29 is 14.3 Å². The lowest BCUT2D eigenvalue weighted by molar-refractivity contribution is -0.123. The maximum atomic E-state index is 11.9. The number of aryl methyl sites for hydroxylation is 1. The van der Waals surface area contributed by atoms with Gasteiger partial charge in [0, 0.05) is 14.5 Å². The number of hydrazine groups is 1. The fraction of sp³-hybridized carbons (Fsp3) is 0.125. The van der Waals surface area contributed by atoms with Gasteiger partial charge in [0.1, 0.15) is 5.75 Å². The summed E-state index contributed by atoms with van der Waals surface area (Å²) >= 11 is 10.1. The second-order valence-electron chi connectivity index (χ2n) is 4.83. The highest BCUT2D eigenvalue weighted by Gasteiger charge is 2.11. The van der Waals surface area contributed by atoms with E-state index in [9.17, 15) is 9.59 Å². The van der Waals surface area contributed by atoms with Crippen LogP contribution in [0.25, 0.3) is 0 Å². The lowest BCUT2D eigenvalue weighted by atomic mass is 10.2. The predicted molar refractivity (Wildman–Crippen MR) is 102 cm³/mol. The molecule has 8 heteroatoms. The third kappa shape index (κ3) is 5.32. The number of benzene rings is 2. The Kier molecular flexibility index (Phi) is 6.82. The molecule has 0 atom stereocenters. The number of amides is 2. The summed E-state index contributed by atoms with van der Waals surface area (Å²) in [6, 6.07) is 10.5. The van der Waals surface area contributed by atoms with Crippen molar-refractivity contribution in [3.8, 4) is 5.75 Å². The second kappa shape index (κ2) is 8.64. The summed E-state index contributed by atoms with van der Waals surface area (Å²) in [7, 11) is 0. The van der Waals surface area contributed by atoms with Crippen LogP contribution >= 0.6 is 47.8 Å². The van der Waals surface area contributed by atoms with Gasteiger partial charge in [-0.05, 0) is 58.7 Å². The molecular formula is C16H13Br3N2O3. The van der Waals surface area contributed by atoms with E-state index in [4.69, 9.17) is 4.74 Å². The van der Waals surface area contributed by atoms with Crippen molar-refractivity contribution in [3.05, 3.63) is 60.9 Å². The number of carbonyl (C=O) groups is 2. The summed E-state index contributed by atoms with van der Waals surface area (Å²) in [5, 5.41) is 0. The molecule has 2 aromatic rings. The highest BCUT2D eigenvalue weighted by molar-refractivity contribution is 9.11. The Hall–Kier alpha value is -1.38. The smallest absolute Gasteiger partial charge is 0.276 e. The van der Waals surface area contributed by atoms with Crippen LogP contribution in [0, 0.1) is 6.92 Å². The Balaban J connectivity index is 1.87. The molecule has 2 N–H and O–H groups in total. The molecule has 2 aromatic carbocycles. The number of halogens is 3. The van der Waals surface area contributed by atoms with Gasteiger partial charge in [-0.15, -0.1) is 0 Å². The fourth-order valence-corrected chi connectivity index (χ4v) is 3.83.